The number of hydrogen-bond acceptors (Lipinski definition) is 3. The Morgan fingerprint density at radius 1 is 1.53 bits per heavy atom. The van der Waals surface area contributed by atoms with E-state index in [1.807, 2.05) is 0 Å². The number of esters is 1. The zero-order valence-corrected chi connectivity index (χ0v) is 8.86. The number of hydrogen-bond donors (Lipinski definition) is 1. The molecule has 4 nitrogen and oxygen atoms in total. The Morgan fingerprint density at radius 3 is 2.20 bits per heavy atom. The molecular formula is C11H16O4. The molecule has 1 aliphatic rings. The van der Waals surface area contributed by atoms with Crippen molar-refractivity contribution in [1.29, 1.82) is 0 Å². The molecule has 0 saturated heterocycles. The summed E-state index contributed by atoms with van der Waals surface area (Å²) in [4.78, 5) is 20.2. The third-order valence-corrected chi connectivity index (χ3v) is 1.80. The van der Waals surface area contributed by atoms with Crippen molar-refractivity contribution < 1.29 is 19.4 Å². The summed E-state index contributed by atoms with van der Waals surface area (Å²) in [7, 11) is 0. The third kappa shape index (κ3) is 6.49. The standard InChI is InChI=1S/C6H8O2.C5H8O2/c1-4(6(7)8)5-2-3-5;1-3-5(6)7-4-2/h5H,1-3H2,(H,7,8);3H,1,4H2,2H3. The van der Waals surface area contributed by atoms with E-state index >= 15 is 0 Å². The molecular weight excluding hydrogens is 196 g/mol. The molecule has 0 radical (unpaired) electrons. The molecule has 0 atom stereocenters. The van der Waals surface area contributed by atoms with Crippen molar-refractivity contribution in [1.82, 2.24) is 0 Å². The molecule has 0 bridgehead atoms. The fourth-order valence-electron chi connectivity index (χ4n) is 0.808. The zero-order valence-electron chi connectivity index (χ0n) is 8.86. The third-order valence-electron chi connectivity index (χ3n) is 1.80. The van der Waals surface area contributed by atoms with E-state index in [1.165, 1.54) is 0 Å². The highest BCUT2D eigenvalue weighted by Gasteiger charge is 2.28. The SMILES string of the molecule is C=C(C(=O)O)C1CC1.C=CC(=O)OCC. The number of rotatable bonds is 4. The maximum atomic E-state index is 10.1. The fraction of sp³-hybridized carbons (Fsp3) is 0.455. The minimum atomic E-state index is -0.840. The second kappa shape index (κ2) is 6.81. The topological polar surface area (TPSA) is 63.6 Å². The molecule has 84 valence electrons. The molecule has 15 heavy (non-hydrogen) atoms. The van der Waals surface area contributed by atoms with E-state index in [1.54, 1.807) is 6.92 Å². The van der Waals surface area contributed by atoms with Crippen molar-refractivity contribution in [2.45, 2.75) is 19.8 Å². The van der Waals surface area contributed by atoms with Gasteiger partial charge in [-0.3, -0.25) is 0 Å². The van der Waals surface area contributed by atoms with Crippen LogP contribution in [0.15, 0.2) is 24.8 Å². The van der Waals surface area contributed by atoms with Crippen molar-refractivity contribution in [3.63, 3.8) is 0 Å². The maximum Gasteiger partial charge on any atom is 0.331 e. The Morgan fingerprint density at radius 2 is 2.07 bits per heavy atom. The smallest absolute Gasteiger partial charge is 0.331 e. The molecule has 1 rings (SSSR count). The van der Waals surface area contributed by atoms with E-state index in [0.29, 0.717) is 18.1 Å². The molecule has 0 aliphatic heterocycles. The van der Waals surface area contributed by atoms with Crippen LogP contribution in [-0.2, 0) is 14.3 Å². The van der Waals surface area contributed by atoms with Crippen molar-refractivity contribution in [3.05, 3.63) is 24.8 Å². The van der Waals surface area contributed by atoms with E-state index < -0.39 is 5.97 Å². The summed E-state index contributed by atoms with van der Waals surface area (Å²) in [6.07, 6.45) is 3.18. The van der Waals surface area contributed by atoms with Gasteiger partial charge >= 0.3 is 11.9 Å². The molecule has 1 N–H and O–H groups in total. The van der Waals surface area contributed by atoms with Crippen LogP contribution in [-0.4, -0.2) is 23.7 Å². The van der Waals surface area contributed by atoms with Gasteiger partial charge in [-0.25, -0.2) is 9.59 Å². The Labute approximate surface area is 89.2 Å². The molecule has 0 amide bonds. The molecule has 0 aromatic rings. The van der Waals surface area contributed by atoms with Crippen molar-refractivity contribution in [2.75, 3.05) is 6.61 Å². The second-order valence-electron chi connectivity index (χ2n) is 3.06. The molecule has 1 saturated carbocycles. The van der Waals surface area contributed by atoms with Gasteiger partial charge in [0.1, 0.15) is 0 Å². The van der Waals surface area contributed by atoms with Crippen LogP contribution in [0.1, 0.15) is 19.8 Å². The average Bonchev–Trinajstić information content (AvgIpc) is 3.01. The van der Waals surface area contributed by atoms with Gasteiger partial charge in [0.05, 0.1) is 6.61 Å². The Hall–Kier alpha value is -1.58. The van der Waals surface area contributed by atoms with E-state index in [0.717, 1.165) is 18.9 Å². The summed E-state index contributed by atoms with van der Waals surface area (Å²) in [5.41, 5.74) is 0.380. The highest BCUT2D eigenvalue weighted by molar-refractivity contribution is 5.86. The van der Waals surface area contributed by atoms with Crippen LogP contribution in [0.4, 0.5) is 0 Å². The predicted molar refractivity (Wildman–Crippen MR) is 56.3 cm³/mol. The molecule has 0 aromatic carbocycles. The number of carbonyl (C=O) groups excluding carboxylic acids is 1. The highest BCUT2D eigenvalue weighted by atomic mass is 16.5. The molecule has 1 fully saturated rings. The fourth-order valence-corrected chi connectivity index (χ4v) is 0.808. The second-order valence-corrected chi connectivity index (χ2v) is 3.06. The van der Waals surface area contributed by atoms with Crippen molar-refractivity contribution >= 4 is 11.9 Å². The van der Waals surface area contributed by atoms with Gasteiger partial charge in [-0.2, -0.15) is 0 Å². The van der Waals surface area contributed by atoms with Gasteiger partial charge in [-0.15, -0.1) is 0 Å². The lowest BCUT2D eigenvalue weighted by molar-refractivity contribution is -0.137. The molecule has 0 aromatic heterocycles. The normalized spacial score (nSPS) is 13.1. The number of carboxylic acid groups (broad SMARTS) is 1. The van der Waals surface area contributed by atoms with Crippen LogP contribution < -0.4 is 0 Å². The van der Waals surface area contributed by atoms with Gasteiger partial charge in [0, 0.05) is 11.6 Å². The predicted octanol–water partition coefficient (Wildman–Crippen LogP) is 1.77. The van der Waals surface area contributed by atoms with Gasteiger partial charge in [0.15, 0.2) is 0 Å². The number of carboxylic acids is 1. The van der Waals surface area contributed by atoms with E-state index in [-0.39, 0.29) is 5.97 Å². The first-order chi connectivity index (χ1) is 7.02. The first kappa shape index (κ1) is 13.4. The first-order valence-corrected chi connectivity index (χ1v) is 4.74. The Kier molecular flexibility index (Phi) is 6.09. The van der Waals surface area contributed by atoms with Crippen LogP contribution >= 0.6 is 0 Å². The van der Waals surface area contributed by atoms with Crippen LogP contribution in [0.5, 0.6) is 0 Å². The van der Waals surface area contributed by atoms with Gasteiger partial charge in [0.2, 0.25) is 0 Å². The quantitative estimate of drug-likeness (QED) is 0.569. The average molecular weight is 212 g/mol. The number of ether oxygens (including phenoxy) is 1. The van der Waals surface area contributed by atoms with Crippen LogP contribution in [0.25, 0.3) is 0 Å². The molecule has 0 spiro atoms. The highest BCUT2D eigenvalue weighted by Crippen LogP contribution is 2.35. The summed E-state index contributed by atoms with van der Waals surface area (Å²) >= 11 is 0. The monoisotopic (exact) mass is 212 g/mol. The maximum absolute atomic E-state index is 10.1. The molecule has 4 heteroatoms. The lowest BCUT2D eigenvalue weighted by Gasteiger charge is -1.90. The summed E-state index contributed by atoms with van der Waals surface area (Å²) in [5.74, 6) is -0.900. The molecule has 1 aliphatic carbocycles. The Balaban J connectivity index is 0.000000265. The van der Waals surface area contributed by atoms with Crippen LogP contribution in [0.2, 0.25) is 0 Å². The van der Waals surface area contributed by atoms with Crippen LogP contribution in [0, 0.1) is 5.92 Å². The summed E-state index contributed by atoms with van der Waals surface area (Å²) < 4.78 is 4.43. The van der Waals surface area contributed by atoms with Gasteiger partial charge in [-0.1, -0.05) is 13.2 Å². The van der Waals surface area contributed by atoms with Crippen molar-refractivity contribution in [3.8, 4) is 0 Å². The number of carbonyl (C=O) groups is 2. The molecule has 0 unspecified atom stereocenters. The Bertz CT molecular complexity index is 264. The zero-order chi connectivity index (χ0) is 11.8. The summed E-state index contributed by atoms with van der Waals surface area (Å²) in [5, 5.41) is 8.29. The lowest BCUT2D eigenvalue weighted by Crippen LogP contribution is -1.99. The first-order valence-electron chi connectivity index (χ1n) is 4.74. The minimum Gasteiger partial charge on any atom is -0.478 e. The molecule has 0 heterocycles. The van der Waals surface area contributed by atoms with Gasteiger partial charge in [0.25, 0.3) is 0 Å². The minimum absolute atomic E-state index is 0.299. The van der Waals surface area contributed by atoms with E-state index in [4.69, 9.17) is 5.11 Å². The van der Waals surface area contributed by atoms with Gasteiger partial charge in [-0.05, 0) is 25.7 Å². The van der Waals surface area contributed by atoms with Crippen molar-refractivity contribution in [2.24, 2.45) is 5.92 Å². The van der Waals surface area contributed by atoms with Crippen LogP contribution in [0.3, 0.4) is 0 Å². The summed E-state index contributed by atoms with van der Waals surface area (Å²) in [6.45, 7) is 8.79. The van der Waals surface area contributed by atoms with E-state index in [2.05, 4.69) is 17.9 Å². The summed E-state index contributed by atoms with van der Waals surface area (Å²) in [6, 6.07) is 0. The largest absolute Gasteiger partial charge is 0.478 e. The van der Waals surface area contributed by atoms with Gasteiger partial charge < -0.3 is 9.84 Å². The lowest BCUT2D eigenvalue weighted by atomic mass is 10.2. The number of aliphatic carboxylic acids is 1. The van der Waals surface area contributed by atoms with E-state index in [9.17, 15) is 9.59 Å².